The predicted molar refractivity (Wildman–Crippen MR) is 74.4 cm³/mol. The van der Waals surface area contributed by atoms with Crippen LogP contribution in [0.1, 0.15) is 16.5 Å². The molecule has 0 aliphatic carbocycles. The molecule has 0 amide bonds. The SMILES string of the molecule is COc1cccc(-c2nc(C)c(C3CNC3)s2)c1. The van der Waals surface area contributed by atoms with E-state index in [0.717, 1.165) is 29.4 Å². The molecular formula is C14H16N2OS. The summed E-state index contributed by atoms with van der Waals surface area (Å²) in [5.74, 6) is 1.54. The van der Waals surface area contributed by atoms with Crippen molar-refractivity contribution in [3.05, 3.63) is 34.8 Å². The van der Waals surface area contributed by atoms with Gasteiger partial charge in [-0.05, 0) is 19.1 Å². The zero-order valence-corrected chi connectivity index (χ0v) is 11.4. The van der Waals surface area contributed by atoms with E-state index in [1.807, 2.05) is 29.5 Å². The lowest BCUT2D eigenvalue weighted by atomic mass is 10.0. The first kappa shape index (κ1) is 11.7. The third-order valence-corrected chi connectivity index (χ3v) is 4.67. The molecule has 0 unspecified atom stereocenters. The van der Waals surface area contributed by atoms with E-state index in [-0.39, 0.29) is 0 Å². The Morgan fingerprint density at radius 3 is 2.89 bits per heavy atom. The van der Waals surface area contributed by atoms with Gasteiger partial charge in [-0.15, -0.1) is 11.3 Å². The van der Waals surface area contributed by atoms with E-state index in [0.29, 0.717) is 5.92 Å². The summed E-state index contributed by atoms with van der Waals surface area (Å²) in [4.78, 5) is 6.12. The molecule has 1 fully saturated rings. The smallest absolute Gasteiger partial charge is 0.124 e. The number of methoxy groups -OCH3 is 1. The summed E-state index contributed by atoms with van der Waals surface area (Å²) in [5.41, 5.74) is 2.31. The Morgan fingerprint density at radius 2 is 2.22 bits per heavy atom. The zero-order valence-electron chi connectivity index (χ0n) is 10.6. The van der Waals surface area contributed by atoms with Gasteiger partial charge in [0.2, 0.25) is 0 Å². The number of ether oxygens (including phenoxy) is 1. The van der Waals surface area contributed by atoms with Gasteiger partial charge in [0.15, 0.2) is 0 Å². The van der Waals surface area contributed by atoms with Crippen molar-refractivity contribution in [3.8, 4) is 16.3 Å². The highest BCUT2D eigenvalue weighted by Gasteiger charge is 2.24. The summed E-state index contributed by atoms with van der Waals surface area (Å²) in [6.45, 7) is 4.27. The molecular weight excluding hydrogens is 244 g/mol. The number of aryl methyl sites for hydroxylation is 1. The monoisotopic (exact) mass is 260 g/mol. The second kappa shape index (κ2) is 4.71. The number of nitrogens with one attached hydrogen (secondary N) is 1. The summed E-state index contributed by atoms with van der Waals surface area (Å²) in [6, 6.07) is 8.10. The third-order valence-electron chi connectivity index (χ3n) is 3.30. The van der Waals surface area contributed by atoms with Crippen LogP contribution in [0.3, 0.4) is 0 Å². The van der Waals surface area contributed by atoms with E-state index in [1.165, 1.54) is 10.6 Å². The van der Waals surface area contributed by atoms with Gasteiger partial charge in [-0.25, -0.2) is 4.98 Å². The molecule has 1 aliphatic heterocycles. The van der Waals surface area contributed by atoms with Gasteiger partial charge in [0.25, 0.3) is 0 Å². The topological polar surface area (TPSA) is 34.1 Å². The molecule has 1 N–H and O–H groups in total. The highest BCUT2D eigenvalue weighted by atomic mass is 32.1. The molecule has 0 saturated carbocycles. The summed E-state index contributed by atoms with van der Waals surface area (Å²) < 4.78 is 5.26. The standard InChI is InChI=1S/C14H16N2OS/c1-9-13(11-7-15-8-11)18-14(16-9)10-4-3-5-12(6-10)17-2/h3-6,11,15H,7-8H2,1-2H3. The Balaban J connectivity index is 1.95. The molecule has 4 heteroatoms. The number of aromatic nitrogens is 1. The predicted octanol–water partition coefficient (Wildman–Crippen LogP) is 2.81. The van der Waals surface area contributed by atoms with E-state index in [4.69, 9.17) is 9.72 Å². The lowest BCUT2D eigenvalue weighted by Gasteiger charge is -2.26. The Kier molecular flexibility index (Phi) is 3.06. The molecule has 0 bridgehead atoms. The first-order chi connectivity index (χ1) is 8.78. The van der Waals surface area contributed by atoms with Gasteiger partial charge < -0.3 is 10.1 Å². The molecule has 1 saturated heterocycles. The van der Waals surface area contributed by atoms with Crippen LogP contribution in [0, 0.1) is 6.92 Å². The van der Waals surface area contributed by atoms with Crippen LogP contribution in [0.4, 0.5) is 0 Å². The van der Waals surface area contributed by atoms with Crippen LogP contribution in [-0.2, 0) is 0 Å². The van der Waals surface area contributed by atoms with Gasteiger partial charge in [-0.2, -0.15) is 0 Å². The van der Waals surface area contributed by atoms with Crippen LogP contribution in [0.5, 0.6) is 5.75 Å². The number of benzene rings is 1. The molecule has 0 spiro atoms. The molecule has 2 aromatic rings. The number of rotatable bonds is 3. The molecule has 94 valence electrons. The van der Waals surface area contributed by atoms with Crippen LogP contribution in [0.25, 0.3) is 10.6 Å². The lowest BCUT2D eigenvalue weighted by Crippen LogP contribution is -2.39. The summed E-state index contributed by atoms with van der Waals surface area (Å²) in [7, 11) is 1.69. The maximum absolute atomic E-state index is 5.26. The second-order valence-corrected chi connectivity index (χ2v) is 5.59. The average Bonchev–Trinajstić information content (AvgIpc) is 2.70. The normalized spacial score (nSPS) is 15.4. The maximum Gasteiger partial charge on any atom is 0.124 e. The Labute approximate surface area is 111 Å². The molecule has 0 radical (unpaired) electrons. The van der Waals surface area contributed by atoms with E-state index in [1.54, 1.807) is 7.11 Å². The fourth-order valence-corrected chi connectivity index (χ4v) is 3.30. The number of hydrogen-bond donors (Lipinski definition) is 1. The Bertz CT molecular complexity index is 561. The van der Waals surface area contributed by atoms with Crippen molar-refractivity contribution >= 4 is 11.3 Å². The first-order valence-corrected chi connectivity index (χ1v) is 6.92. The van der Waals surface area contributed by atoms with Crippen molar-refractivity contribution in [2.75, 3.05) is 20.2 Å². The highest BCUT2D eigenvalue weighted by Crippen LogP contribution is 2.35. The summed E-state index contributed by atoms with van der Waals surface area (Å²) in [5, 5.41) is 4.40. The van der Waals surface area contributed by atoms with Crippen molar-refractivity contribution in [1.82, 2.24) is 10.3 Å². The Hall–Kier alpha value is -1.39. The summed E-state index contributed by atoms with van der Waals surface area (Å²) in [6.07, 6.45) is 0. The van der Waals surface area contributed by atoms with Crippen LogP contribution < -0.4 is 10.1 Å². The van der Waals surface area contributed by atoms with Gasteiger partial charge in [0.05, 0.1) is 12.8 Å². The van der Waals surface area contributed by atoms with Gasteiger partial charge >= 0.3 is 0 Å². The third kappa shape index (κ3) is 2.02. The molecule has 1 aliphatic rings. The molecule has 18 heavy (non-hydrogen) atoms. The number of thiazole rings is 1. The highest BCUT2D eigenvalue weighted by molar-refractivity contribution is 7.15. The molecule has 3 nitrogen and oxygen atoms in total. The van der Waals surface area contributed by atoms with Crippen LogP contribution in [0.15, 0.2) is 24.3 Å². The van der Waals surface area contributed by atoms with Crippen LogP contribution in [0.2, 0.25) is 0 Å². The fraction of sp³-hybridized carbons (Fsp3) is 0.357. The van der Waals surface area contributed by atoms with E-state index < -0.39 is 0 Å². The molecule has 0 atom stereocenters. The van der Waals surface area contributed by atoms with Gasteiger partial charge in [-0.3, -0.25) is 0 Å². The molecule has 2 heterocycles. The molecule has 1 aromatic heterocycles. The largest absolute Gasteiger partial charge is 0.497 e. The zero-order chi connectivity index (χ0) is 12.5. The minimum absolute atomic E-state index is 0.654. The van der Waals surface area contributed by atoms with Crippen molar-refractivity contribution in [2.45, 2.75) is 12.8 Å². The second-order valence-electron chi connectivity index (χ2n) is 4.56. The maximum atomic E-state index is 5.26. The van der Waals surface area contributed by atoms with E-state index in [2.05, 4.69) is 18.3 Å². The average molecular weight is 260 g/mol. The van der Waals surface area contributed by atoms with Crippen LogP contribution in [-0.4, -0.2) is 25.2 Å². The van der Waals surface area contributed by atoms with E-state index in [9.17, 15) is 0 Å². The van der Waals surface area contributed by atoms with E-state index >= 15 is 0 Å². The van der Waals surface area contributed by atoms with Gasteiger partial charge in [0.1, 0.15) is 10.8 Å². The first-order valence-electron chi connectivity index (χ1n) is 6.10. The van der Waals surface area contributed by atoms with Crippen molar-refractivity contribution in [1.29, 1.82) is 0 Å². The van der Waals surface area contributed by atoms with Crippen molar-refractivity contribution in [3.63, 3.8) is 0 Å². The minimum atomic E-state index is 0.654. The quantitative estimate of drug-likeness (QED) is 0.921. The number of nitrogens with zero attached hydrogens (tertiary/aromatic N) is 1. The Morgan fingerprint density at radius 1 is 1.39 bits per heavy atom. The molecule has 1 aromatic carbocycles. The van der Waals surface area contributed by atoms with Crippen molar-refractivity contribution in [2.24, 2.45) is 0 Å². The minimum Gasteiger partial charge on any atom is -0.497 e. The van der Waals surface area contributed by atoms with Crippen molar-refractivity contribution < 1.29 is 4.74 Å². The van der Waals surface area contributed by atoms with Crippen LogP contribution >= 0.6 is 11.3 Å². The summed E-state index contributed by atoms with van der Waals surface area (Å²) >= 11 is 1.81. The lowest BCUT2D eigenvalue weighted by molar-refractivity contribution is 0.415. The fourth-order valence-electron chi connectivity index (χ4n) is 2.14. The molecule has 3 rings (SSSR count). The number of hydrogen-bond acceptors (Lipinski definition) is 4. The van der Waals surface area contributed by atoms with Gasteiger partial charge in [0, 0.05) is 29.4 Å². The van der Waals surface area contributed by atoms with Gasteiger partial charge in [-0.1, -0.05) is 12.1 Å².